The molecule has 0 atom stereocenters. The molecule has 0 aliphatic heterocycles. The van der Waals surface area contributed by atoms with Crippen LogP contribution in [0.15, 0.2) is 29.9 Å². The number of aliphatic imine (C=N–C) groups is 1. The molecule has 0 N–H and O–H groups in total. The van der Waals surface area contributed by atoms with Gasteiger partial charge in [0.05, 0.1) is 0 Å². The molecule has 1 heterocycles. The van der Waals surface area contributed by atoms with E-state index in [-0.39, 0.29) is 0 Å². The topological polar surface area (TPSA) is 25.2 Å². The zero-order valence-corrected chi connectivity index (χ0v) is 6.54. The molecule has 0 bridgehead atoms. The monoisotopic (exact) mass is 146 g/mol. The second-order valence-electron chi connectivity index (χ2n) is 2.31. The highest BCUT2D eigenvalue weighted by Crippen LogP contribution is 2.20. The number of aromatic nitrogens is 1. The van der Waals surface area contributed by atoms with Crippen molar-refractivity contribution in [1.82, 2.24) is 4.98 Å². The van der Waals surface area contributed by atoms with Crippen molar-refractivity contribution in [2.45, 2.75) is 6.92 Å². The predicted molar refractivity (Wildman–Crippen MR) is 48.2 cm³/mol. The third kappa shape index (κ3) is 1.52. The molecule has 1 rings (SSSR count). The molecule has 2 heteroatoms. The Hall–Kier alpha value is -1.44. The first-order valence-electron chi connectivity index (χ1n) is 3.33. The molecule has 2 nitrogen and oxygen atoms in total. The van der Waals surface area contributed by atoms with Gasteiger partial charge in [-0.2, -0.15) is 0 Å². The first-order chi connectivity index (χ1) is 5.25. The van der Waals surface area contributed by atoms with Crippen molar-refractivity contribution in [3.8, 4) is 0 Å². The van der Waals surface area contributed by atoms with Crippen molar-refractivity contribution in [2.24, 2.45) is 4.99 Å². The third-order valence-electron chi connectivity index (χ3n) is 1.40. The summed E-state index contributed by atoms with van der Waals surface area (Å²) < 4.78 is 0. The Balaban J connectivity index is 3.22. The van der Waals surface area contributed by atoms with E-state index in [1.165, 1.54) is 0 Å². The van der Waals surface area contributed by atoms with Gasteiger partial charge in [-0.1, -0.05) is 6.58 Å². The van der Waals surface area contributed by atoms with Crippen molar-refractivity contribution >= 4 is 18.1 Å². The van der Waals surface area contributed by atoms with E-state index in [1.807, 2.05) is 19.1 Å². The first-order valence-corrected chi connectivity index (χ1v) is 3.33. The summed E-state index contributed by atoms with van der Waals surface area (Å²) in [6.07, 6.45) is 1.69. The summed E-state index contributed by atoms with van der Waals surface area (Å²) in [7, 11) is 0. The van der Waals surface area contributed by atoms with Gasteiger partial charge in [-0.15, -0.1) is 0 Å². The maximum Gasteiger partial charge on any atom is 0.158 e. The minimum Gasteiger partial charge on any atom is -0.245 e. The van der Waals surface area contributed by atoms with Gasteiger partial charge in [-0.05, 0) is 31.3 Å². The van der Waals surface area contributed by atoms with E-state index in [0.717, 1.165) is 11.1 Å². The standard InChI is InChI=1S/C9H10N2/c1-7(2)8-5-4-6-11-9(8)10-3/h4-6H,1,3H2,2H3. The van der Waals surface area contributed by atoms with Gasteiger partial charge in [0.25, 0.3) is 0 Å². The van der Waals surface area contributed by atoms with Gasteiger partial charge >= 0.3 is 0 Å². The summed E-state index contributed by atoms with van der Waals surface area (Å²) in [6, 6.07) is 3.79. The van der Waals surface area contributed by atoms with Crippen molar-refractivity contribution in [1.29, 1.82) is 0 Å². The Morgan fingerprint density at radius 2 is 2.36 bits per heavy atom. The van der Waals surface area contributed by atoms with Crippen molar-refractivity contribution in [3.63, 3.8) is 0 Å². The van der Waals surface area contributed by atoms with Gasteiger partial charge in [0.15, 0.2) is 5.82 Å². The quantitative estimate of drug-likeness (QED) is 0.588. The molecule has 0 amide bonds. The average Bonchev–Trinajstić information content (AvgIpc) is 2.04. The van der Waals surface area contributed by atoms with Gasteiger partial charge in [0.1, 0.15) is 0 Å². The van der Waals surface area contributed by atoms with Crippen LogP contribution in [0, 0.1) is 0 Å². The van der Waals surface area contributed by atoms with Gasteiger partial charge in [-0.25, -0.2) is 9.98 Å². The Morgan fingerprint density at radius 1 is 1.64 bits per heavy atom. The van der Waals surface area contributed by atoms with Crippen LogP contribution < -0.4 is 0 Å². The number of hydrogen-bond donors (Lipinski definition) is 0. The predicted octanol–water partition coefficient (Wildman–Crippen LogP) is 2.45. The van der Waals surface area contributed by atoms with Gasteiger partial charge < -0.3 is 0 Å². The van der Waals surface area contributed by atoms with Crippen LogP contribution in [0.25, 0.3) is 5.57 Å². The number of hydrogen-bond acceptors (Lipinski definition) is 2. The lowest BCUT2D eigenvalue weighted by molar-refractivity contribution is 1.26. The smallest absolute Gasteiger partial charge is 0.158 e. The number of pyridine rings is 1. The zero-order chi connectivity index (χ0) is 8.27. The molecule has 1 aromatic heterocycles. The van der Waals surface area contributed by atoms with Crippen molar-refractivity contribution in [2.75, 3.05) is 0 Å². The van der Waals surface area contributed by atoms with Crippen molar-refractivity contribution < 1.29 is 0 Å². The van der Waals surface area contributed by atoms with Gasteiger partial charge in [0, 0.05) is 11.8 Å². The van der Waals surface area contributed by atoms with E-state index in [2.05, 4.69) is 23.3 Å². The molecule has 0 saturated heterocycles. The molecule has 0 saturated carbocycles. The van der Waals surface area contributed by atoms with Crippen LogP contribution in [0.3, 0.4) is 0 Å². The molecule has 0 radical (unpaired) electrons. The highest BCUT2D eigenvalue weighted by atomic mass is 14.9. The lowest BCUT2D eigenvalue weighted by Crippen LogP contribution is -1.81. The van der Waals surface area contributed by atoms with Gasteiger partial charge in [0.2, 0.25) is 0 Å². The summed E-state index contributed by atoms with van der Waals surface area (Å²) in [5.41, 5.74) is 1.92. The zero-order valence-electron chi connectivity index (χ0n) is 6.54. The summed E-state index contributed by atoms with van der Waals surface area (Å²) in [5, 5.41) is 0. The van der Waals surface area contributed by atoms with E-state index < -0.39 is 0 Å². The third-order valence-corrected chi connectivity index (χ3v) is 1.40. The maximum atomic E-state index is 4.03. The number of nitrogens with zero attached hydrogens (tertiary/aromatic N) is 2. The Bertz CT molecular complexity index is 289. The summed E-state index contributed by atoms with van der Waals surface area (Å²) >= 11 is 0. The van der Waals surface area contributed by atoms with Gasteiger partial charge in [-0.3, -0.25) is 0 Å². The summed E-state index contributed by atoms with van der Waals surface area (Å²) in [6.45, 7) is 9.15. The van der Waals surface area contributed by atoms with E-state index in [4.69, 9.17) is 0 Å². The SMILES string of the molecule is C=Nc1ncccc1C(=C)C. The van der Waals surface area contributed by atoms with Crippen LogP contribution in [0.2, 0.25) is 0 Å². The fourth-order valence-corrected chi connectivity index (χ4v) is 0.856. The molecule has 0 aliphatic carbocycles. The number of rotatable bonds is 2. The molecular weight excluding hydrogens is 136 g/mol. The molecular formula is C9H10N2. The van der Waals surface area contributed by atoms with Crippen LogP contribution in [0.4, 0.5) is 5.82 Å². The normalized spacial score (nSPS) is 9.18. The molecule has 0 aliphatic rings. The fraction of sp³-hybridized carbons (Fsp3) is 0.111. The minimum absolute atomic E-state index is 0.653. The van der Waals surface area contributed by atoms with Crippen LogP contribution in [-0.2, 0) is 0 Å². The van der Waals surface area contributed by atoms with E-state index in [9.17, 15) is 0 Å². The largest absolute Gasteiger partial charge is 0.245 e. The molecule has 11 heavy (non-hydrogen) atoms. The molecule has 1 aromatic rings. The lowest BCUT2D eigenvalue weighted by Gasteiger charge is -2.00. The molecule has 0 unspecified atom stereocenters. The van der Waals surface area contributed by atoms with Crippen LogP contribution in [0.5, 0.6) is 0 Å². The van der Waals surface area contributed by atoms with Crippen molar-refractivity contribution in [3.05, 3.63) is 30.5 Å². The fourth-order valence-electron chi connectivity index (χ4n) is 0.856. The Kier molecular flexibility index (Phi) is 2.16. The van der Waals surface area contributed by atoms with Crippen LogP contribution in [-0.4, -0.2) is 11.7 Å². The van der Waals surface area contributed by atoms with Crippen LogP contribution >= 0.6 is 0 Å². The number of allylic oxidation sites excluding steroid dienone is 1. The molecule has 0 spiro atoms. The highest BCUT2D eigenvalue weighted by molar-refractivity contribution is 5.70. The second-order valence-corrected chi connectivity index (χ2v) is 2.31. The summed E-state index contributed by atoms with van der Waals surface area (Å²) in [5.74, 6) is 0.653. The lowest BCUT2D eigenvalue weighted by atomic mass is 10.1. The van der Waals surface area contributed by atoms with Crippen LogP contribution in [0.1, 0.15) is 12.5 Å². The Labute approximate surface area is 66.3 Å². The van der Waals surface area contributed by atoms with E-state index in [0.29, 0.717) is 5.82 Å². The molecule has 0 fully saturated rings. The van der Waals surface area contributed by atoms with E-state index in [1.54, 1.807) is 6.20 Å². The Morgan fingerprint density at radius 3 is 2.82 bits per heavy atom. The molecule has 0 aromatic carbocycles. The second kappa shape index (κ2) is 3.10. The average molecular weight is 146 g/mol. The minimum atomic E-state index is 0.653. The summed E-state index contributed by atoms with van der Waals surface area (Å²) in [4.78, 5) is 7.80. The highest BCUT2D eigenvalue weighted by Gasteiger charge is 1.99. The first kappa shape index (κ1) is 7.66. The molecule has 56 valence electrons. The maximum absolute atomic E-state index is 4.03. The van der Waals surface area contributed by atoms with E-state index >= 15 is 0 Å².